The number of nitrogens with zero attached hydrogens (tertiary/aromatic N) is 1. The smallest absolute Gasteiger partial charge is 0.309 e. The standard InChI is InChI=1S/C15H27NO5/c1-4-20-15(18)12(2)10-16(8-7-14(17)19-3)11-13-6-5-9-21-13/h12-13H,4-11H2,1-3H3. The van der Waals surface area contributed by atoms with Gasteiger partial charge in [-0.3, -0.25) is 14.5 Å². The average molecular weight is 301 g/mol. The monoisotopic (exact) mass is 301 g/mol. The zero-order chi connectivity index (χ0) is 15.7. The number of carbonyl (C=O) groups excluding carboxylic acids is 2. The molecule has 6 heteroatoms. The van der Waals surface area contributed by atoms with Crippen molar-refractivity contribution in [3.8, 4) is 0 Å². The Hall–Kier alpha value is -1.14. The highest BCUT2D eigenvalue weighted by Gasteiger charge is 2.23. The van der Waals surface area contributed by atoms with E-state index in [-0.39, 0.29) is 24.0 Å². The molecule has 122 valence electrons. The molecule has 1 aliphatic heterocycles. The lowest BCUT2D eigenvalue weighted by atomic mass is 10.1. The van der Waals surface area contributed by atoms with Crippen LogP contribution in [0.15, 0.2) is 0 Å². The third-order valence-electron chi connectivity index (χ3n) is 3.57. The van der Waals surface area contributed by atoms with E-state index < -0.39 is 0 Å². The van der Waals surface area contributed by atoms with E-state index in [1.165, 1.54) is 7.11 Å². The molecule has 0 aromatic rings. The second-order valence-electron chi connectivity index (χ2n) is 5.37. The number of ether oxygens (including phenoxy) is 3. The molecule has 0 aliphatic carbocycles. The first-order valence-corrected chi connectivity index (χ1v) is 7.64. The summed E-state index contributed by atoms with van der Waals surface area (Å²) >= 11 is 0. The van der Waals surface area contributed by atoms with Crippen molar-refractivity contribution < 1.29 is 23.8 Å². The van der Waals surface area contributed by atoms with Crippen LogP contribution in [0.3, 0.4) is 0 Å². The molecule has 2 atom stereocenters. The van der Waals surface area contributed by atoms with Crippen molar-refractivity contribution in [1.82, 2.24) is 4.90 Å². The fourth-order valence-corrected chi connectivity index (χ4v) is 2.43. The van der Waals surface area contributed by atoms with E-state index in [2.05, 4.69) is 9.64 Å². The van der Waals surface area contributed by atoms with E-state index in [9.17, 15) is 9.59 Å². The van der Waals surface area contributed by atoms with Crippen LogP contribution in [0.4, 0.5) is 0 Å². The van der Waals surface area contributed by atoms with Crippen LogP contribution in [0.2, 0.25) is 0 Å². The number of hydrogen-bond donors (Lipinski definition) is 0. The van der Waals surface area contributed by atoms with Gasteiger partial charge in [0, 0.05) is 26.2 Å². The Morgan fingerprint density at radius 2 is 2.19 bits per heavy atom. The normalized spacial score (nSPS) is 19.5. The number of rotatable bonds is 9. The molecule has 6 nitrogen and oxygen atoms in total. The lowest BCUT2D eigenvalue weighted by molar-refractivity contribution is -0.148. The second kappa shape index (κ2) is 9.73. The van der Waals surface area contributed by atoms with Gasteiger partial charge >= 0.3 is 11.9 Å². The summed E-state index contributed by atoms with van der Waals surface area (Å²) in [7, 11) is 1.38. The molecule has 0 amide bonds. The van der Waals surface area contributed by atoms with Crippen molar-refractivity contribution >= 4 is 11.9 Å². The largest absolute Gasteiger partial charge is 0.469 e. The van der Waals surface area contributed by atoms with Crippen molar-refractivity contribution in [2.45, 2.75) is 39.2 Å². The van der Waals surface area contributed by atoms with Crippen molar-refractivity contribution in [2.75, 3.05) is 40.0 Å². The van der Waals surface area contributed by atoms with Gasteiger partial charge in [0.2, 0.25) is 0 Å². The maximum absolute atomic E-state index is 11.7. The quantitative estimate of drug-likeness (QED) is 0.597. The first-order chi connectivity index (χ1) is 10.1. The molecule has 1 aliphatic rings. The van der Waals surface area contributed by atoms with Crippen molar-refractivity contribution in [3.05, 3.63) is 0 Å². The zero-order valence-corrected chi connectivity index (χ0v) is 13.3. The summed E-state index contributed by atoms with van der Waals surface area (Å²) < 4.78 is 15.3. The van der Waals surface area contributed by atoms with E-state index in [0.717, 1.165) is 26.0 Å². The van der Waals surface area contributed by atoms with Crippen LogP contribution >= 0.6 is 0 Å². The minimum atomic E-state index is -0.240. The Balaban J connectivity index is 2.48. The highest BCUT2D eigenvalue weighted by molar-refractivity contribution is 5.72. The Morgan fingerprint density at radius 1 is 1.43 bits per heavy atom. The highest BCUT2D eigenvalue weighted by atomic mass is 16.5. The average Bonchev–Trinajstić information content (AvgIpc) is 2.97. The molecule has 1 fully saturated rings. The van der Waals surface area contributed by atoms with Gasteiger partial charge in [0.05, 0.1) is 32.2 Å². The number of hydrogen-bond acceptors (Lipinski definition) is 6. The molecule has 0 saturated carbocycles. The molecular formula is C15H27NO5. The number of methoxy groups -OCH3 is 1. The fraction of sp³-hybridized carbons (Fsp3) is 0.867. The minimum absolute atomic E-state index is 0.192. The summed E-state index contributed by atoms with van der Waals surface area (Å²) in [5.74, 6) is -0.659. The summed E-state index contributed by atoms with van der Waals surface area (Å²) in [6.07, 6.45) is 2.61. The van der Waals surface area contributed by atoms with E-state index in [0.29, 0.717) is 26.1 Å². The molecule has 1 saturated heterocycles. The van der Waals surface area contributed by atoms with Gasteiger partial charge < -0.3 is 14.2 Å². The molecule has 1 heterocycles. The third kappa shape index (κ3) is 6.91. The number of carbonyl (C=O) groups is 2. The maximum Gasteiger partial charge on any atom is 0.309 e. The van der Waals surface area contributed by atoms with Crippen LogP contribution in [0.1, 0.15) is 33.1 Å². The second-order valence-corrected chi connectivity index (χ2v) is 5.37. The first kappa shape index (κ1) is 17.9. The highest BCUT2D eigenvalue weighted by Crippen LogP contribution is 2.15. The van der Waals surface area contributed by atoms with Gasteiger partial charge in [-0.2, -0.15) is 0 Å². The summed E-state index contributed by atoms with van der Waals surface area (Å²) in [5.41, 5.74) is 0. The van der Waals surface area contributed by atoms with Crippen molar-refractivity contribution in [3.63, 3.8) is 0 Å². The zero-order valence-electron chi connectivity index (χ0n) is 13.3. The van der Waals surface area contributed by atoms with Crippen molar-refractivity contribution in [1.29, 1.82) is 0 Å². The SMILES string of the molecule is CCOC(=O)C(C)CN(CCC(=O)OC)CC1CCCO1. The predicted molar refractivity (Wildman–Crippen MR) is 77.8 cm³/mol. The number of esters is 2. The molecule has 2 unspecified atom stereocenters. The van der Waals surface area contributed by atoms with E-state index in [4.69, 9.17) is 9.47 Å². The minimum Gasteiger partial charge on any atom is -0.469 e. The van der Waals surface area contributed by atoms with Gasteiger partial charge in [-0.1, -0.05) is 6.92 Å². The summed E-state index contributed by atoms with van der Waals surface area (Å²) in [5, 5.41) is 0. The van der Waals surface area contributed by atoms with Gasteiger partial charge in [-0.15, -0.1) is 0 Å². The molecule has 0 radical (unpaired) electrons. The molecule has 0 N–H and O–H groups in total. The first-order valence-electron chi connectivity index (χ1n) is 7.64. The lowest BCUT2D eigenvalue weighted by Crippen LogP contribution is -2.39. The molecule has 0 spiro atoms. The van der Waals surface area contributed by atoms with E-state index >= 15 is 0 Å². The fourth-order valence-electron chi connectivity index (χ4n) is 2.43. The molecule has 1 rings (SSSR count). The van der Waals surface area contributed by atoms with Crippen LogP contribution in [0, 0.1) is 5.92 Å². The van der Waals surface area contributed by atoms with Gasteiger partial charge in [0.15, 0.2) is 0 Å². The molecule has 0 aromatic heterocycles. The van der Waals surface area contributed by atoms with Crippen LogP contribution in [-0.4, -0.2) is 62.9 Å². The van der Waals surface area contributed by atoms with Crippen LogP contribution < -0.4 is 0 Å². The Labute approximate surface area is 126 Å². The van der Waals surface area contributed by atoms with E-state index in [1.54, 1.807) is 6.92 Å². The third-order valence-corrected chi connectivity index (χ3v) is 3.57. The van der Waals surface area contributed by atoms with Crippen molar-refractivity contribution in [2.24, 2.45) is 5.92 Å². The molecule has 0 bridgehead atoms. The topological polar surface area (TPSA) is 65.1 Å². The molecular weight excluding hydrogens is 274 g/mol. The predicted octanol–water partition coefficient (Wildman–Crippen LogP) is 1.23. The molecule has 21 heavy (non-hydrogen) atoms. The Morgan fingerprint density at radius 3 is 2.76 bits per heavy atom. The Kier molecular flexibility index (Phi) is 8.30. The maximum atomic E-state index is 11.7. The van der Waals surface area contributed by atoms with Gasteiger partial charge in [0.25, 0.3) is 0 Å². The van der Waals surface area contributed by atoms with Gasteiger partial charge in [-0.05, 0) is 19.8 Å². The molecule has 0 aromatic carbocycles. The van der Waals surface area contributed by atoms with E-state index in [1.807, 2.05) is 6.92 Å². The van der Waals surface area contributed by atoms with Crippen LogP contribution in [0.25, 0.3) is 0 Å². The van der Waals surface area contributed by atoms with Gasteiger partial charge in [0.1, 0.15) is 0 Å². The Bertz CT molecular complexity index is 328. The summed E-state index contributed by atoms with van der Waals surface area (Å²) in [6, 6.07) is 0. The van der Waals surface area contributed by atoms with Crippen LogP contribution in [-0.2, 0) is 23.8 Å². The summed E-state index contributed by atoms with van der Waals surface area (Å²) in [4.78, 5) is 25.1. The lowest BCUT2D eigenvalue weighted by Gasteiger charge is -2.26. The summed E-state index contributed by atoms with van der Waals surface area (Å²) in [6.45, 7) is 6.69. The van der Waals surface area contributed by atoms with Gasteiger partial charge in [-0.25, -0.2) is 0 Å². The van der Waals surface area contributed by atoms with Crippen LogP contribution in [0.5, 0.6) is 0 Å².